The summed E-state index contributed by atoms with van der Waals surface area (Å²) >= 11 is 0. The zero-order valence-corrected chi connectivity index (χ0v) is 22.4. The lowest BCUT2D eigenvalue weighted by Crippen LogP contribution is -2.42. The molecule has 0 amide bonds. The van der Waals surface area contributed by atoms with Crippen LogP contribution in [0.15, 0.2) is 72.8 Å². The number of esters is 2. The SMILES string of the molecule is CCCCCCc1cc2c(cc1P(c1ccccc1)c1ccccc1)CC(C(=O)OC)(C(=O)OC)C2. The molecule has 36 heavy (non-hydrogen) atoms. The molecule has 0 fully saturated rings. The maximum absolute atomic E-state index is 12.9. The van der Waals surface area contributed by atoms with E-state index >= 15 is 0 Å². The molecular weight excluding hydrogens is 467 g/mol. The second-order valence-electron chi connectivity index (χ2n) is 9.49. The smallest absolute Gasteiger partial charge is 0.323 e. The molecule has 0 spiro atoms. The fourth-order valence-electron chi connectivity index (χ4n) is 5.26. The van der Waals surface area contributed by atoms with Crippen LogP contribution in [0.4, 0.5) is 0 Å². The number of aryl methyl sites for hydroxylation is 1. The third-order valence-electron chi connectivity index (χ3n) is 7.11. The highest BCUT2D eigenvalue weighted by atomic mass is 31.1. The molecule has 3 aromatic rings. The number of carbonyl (C=O) groups excluding carboxylic acids is 2. The van der Waals surface area contributed by atoms with Crippen LogP contribution in [-0.4, -0.2) is 26.2 Å². The molecule has 5 heteroatoms. The molecule has 1 aliphatic carbocycles. The topological polar surface area (TPSA) is 52.6 Å². The van der Waals surface area contributed by atoms with E-state index in [0.717, 1.165) is 24.0 Å². The second kappa shape index (κ2) is 11.8. The van der Waals surface area contributed by atoms with Gasteiger partial charge in [-0.3, -0.25) is 9.59 Å². The van der Waals surface area contributed by atoms with Crippen LogP contribution < -0.4 is 15.9 Å². The standard InChI is InChI=1S/C31H35O4P/c1-4-5-6-9-14-23-19-24-21-31(29(32)34-2,30(33)35-3)22-25(24)20-28(23)36(26-15-10-7-11-16-26)27-17-12-8-13-18-27/h7-8,10-13,15-20H,4-6,9,14,21-22H2,1-3H3. The van der Waals surface area contributed by atoms with E-state index in [4.69, 9.17) is 9.47 Å². The molecule has 0 unspecified atom stereocenters. The minimum absolute atomic E-state index is 0.303. The average molecular weight is 503 g/mol. The van der Waals surface area contributed by atoms with E-state index in [1.807, 2.05) is 0 Å². The highest BCUT2D eigenvalue weighted by molar-refractivity contribution is 7.79. The molecule has 3 aromatic carbocycles. The van der Waals surface area contributed by atoms with E-state index in [-0.39, 0.29) is 0 Å². The van der Waals surface area contributed by atoms with Crippen molar-refractivity contribution in [1.82, 2.24) is 0 Å². The molecule has 0 radical (unpaired) electrons. The van der Waals surface area contributed by atoms with Gasteiger partial charge in [-0.2, -0.15) is 0 Å². The highest BCUT2D eigenvalue weighted by Crippen LogP contribution is 2.42. The molecule has 4 rings (SSSR count). The summed E-state index contributed by atoms with van der Waals surface area (Å²) in [5.74, 6) is -1.05. The molecule has 0 N–H and O–H groups in total. The van der Waals surface area contributed by atoms with Gasteiger partial charge in [0.1, 0.15) is 0 Å². The number of hydrogen-bond donors (Lipinski definition) is 0. The number of carbonyl (C=O) groups is 2. The van der Waals surface area contributed by atoms with Crippen molar-refractivity contribution >= 4 is 35.8 Å². The van der Waals surface area contributed by atoms with Crippen molar-refractivity contribution in [2.75, 3.05) is 14.2 Å². The van der Waals surface area contributed by atoms with Gasteiger partial charge in [-0.1, -0.05) is 99.0 Å². The van der Waals surface area contributed by atoms with Crippen LogP contribution in [0, 0.1) is 5.41 Å². The Hall–Kier alpha value is -2.97. The van der Waals surface area contributed by atoms with Crippen LogP contribution in [0.3, 0.4) is 0 Å². The predicted molar refractivity (Wildman–Crippen MR) is 147 cm³/mol. The van der Waals surface area contributed by atoms with Crippen molar-refractivity contribution in [1.29, 1.82) is 0 Å². The molecule has 1 aliphatic rings. The van der Waals surface area contributed by atoms with Gasteiger partial charge in [-0.05, 0) is 66.2 Å². The first-order valence-electron chi connectivity index (χ1n) is 12.8. The number of fused-ring (bicyclic) bond motifs is 1. The van der Waals surface area contributed by atoms with Crippen molar-refractivity contribution in [3.05, 3.63) is 89.5 Å². The van der Waals surface area contributed by atoms with Crippen LogP contribution in [-0.2, 0) is 38.3 Å². The van der Waals surface area contributed by atoms with Crippen LogP contribution >= 0.6 is 7.92 Å². The third-order valence-corrected chi connectivity index (χ3v) is 9.63. The quantitative estimate of drug-likeness (QED) is 0.170. The lowest BCUT2D eigenvalue weighted by atomic mass is 9.85. The van der Waals surface area contributed by atoms with Crippen molar-refractivity contribution in [3.8, 4) is 0 Å². The first-order valence-corrected chi connectivity index (χ1v) is 14.1. The Balaban J connectivity index is 1.85. The Morgan fingerprint density at radius 3 is 1.81 bits per heavy atom. The summed E-state index contributed by atoms with van der Waals surface area (Å²) in [5.41, 5.74) is 2.09. The van der Waals surface area contributed by atoms with Gasteiger partial charge in [-0.25, -0.2) is 0 Å². The molecule has 0 heterocycles. The van der Waals surface area contributed by atoms with Gasteiger partial charge in [0.2, 0.25) is 0 Å². The van der Waals surface area contributed by atoms with Gasteiger partial charge in [-0.15, -0.1) is 0 Å². The van der Waals surface area contributed by atoms with Crippen LogP contribution in [0.5, 0.6) is 0 Å². The van der Waals surface area contributed by atoms with Gasteiger partial charge in [0, 0.05) is 0 Å². The van der Waals surface area contributed by atoms with Crippen molar-refractivity contribution in [2.45, 2.75) is 51.9 Å². The van der Waals surface area contributed by atoms with Crippen molar-refractivity contribution in [2.24, 2.45) is 5.41 Å². The van der Waals surface area contributed by atoms with Gasteiger partial charge < -0.3 is 9.47 Å². The summed E-state index contributed by atoms with van der Waals surface area (Å²) < 4.78 is 10.2. The number of rotatable bonds is 10. The van der Waals surface area contributed by atoms with E-state index in [9.17, 15) is 9.59 Å². The van der Waals surface area contributed by atoms with Crippen LogP contribution in [0.25, 0.3) is 0 Å². The molecule has 0 saturated carbocycles. The fraction of sp³-hybridized carbons (Fsp3) is 0.355. The molecule has 0 bridgehead atoms. The minimum Gasteiger partial charge on any atom is -0.468 e. The highest BCUT2D eigenvalue weighted by Gasteiger charge is 2.52. The number of benzene rings is 3. The van der Waals surface area contributed by atoms with Gasteiger partial charge in [0.05, 0.1) is 14.2 Å². The summed E-state index contributed by atoms with van der Waals surface area (Å²) in [7, 11) is 1.88. The summed E-state index contributed by atoms with van der Waals surface area (Å²) in [6.07, 6.45) is 6.32. The summed E-state index contributed by atoms with van der Waals surface area (Å²) in [4.78, 5) is 25.8. The summed E-state index contributed by atoms with van der Waals surface area (Å²) in [6.45, 7) is 2.23. The van der Waals surface area contributed by atoms with Crippen LogP contribution in [0.1, 0.15) is 49.3 Å². The molecular formula is C31H35O4P. The van der Waals surface area contributed by atoms with Gasteiger partial charge in [0.15, 0.2) is 5.41 Å². The Kier molecular flexibility index (Phi) is 8.59. The predicted octanol–water partition coefficient (Wildman–Crippen LogP) is 5.00. The molecule has 0 aliphatic heterocycles. The number of unbranched alkanes of at least 4 members (excludes halogenated alkanes) is 3. The summed E-state index contributed by atoms with van der Waals surface area (Å²) in [6, 6.07) is 25.9. The monoisotopic (exact) mass is 502 g/mol. The molecule has 0 atom stereocenters. The first-order chi connectivity index (χ1) is 17.5. The second-order valence-corrected chi connectivity index (χ2v) is 11.7. The lowest BCUT2D eigenvalue weighted by molar-refractivity contribution is -0.168. The molecule has 0 aromatic heterocycles. The Morgan fingerprint density at radius 2 is 1.31 bits per heavy atom. The van der Waals surface area contributed by atoms with E-state index in [1.165, 1.54) is 55.0 Å². The van der Waals surface area contributed by atoms with E-state index < -0.39 is 25.3 Å². The fourth-order valence-corrected chi connectivity index (χ4v) is 7.81. The Bertz CT molecular complexity index is 1130. The van der Waals surface area contributed by atoms with Crippen molar-refractivity contribution < 1.29 is 19.1 Å². The molecule has 0 saturated heterocycles. The van der Waals surface area contributed by atoms with Crippen LogP contribution in [0.2, 0.25) is 0 Å². The molecule has 188 valence electrons. The number of hydrogen-bond acceptors (Lipinski definition) is 4. The van der Waals surface area contributed by atoms with Gasteiger partial charge in [0.25, 0.3) is 0 Å². The molecule has 4 nitrogen and oxygen atoms in total. The van der Waals surface area contributed by atoms with Crippen molar-refractivity contribution in [3.63, 3.8) is 0 Å². The zero-order valence-electron chi connectivity index (χ0n) is 21.5. The Morgan fingerprint density at radius 1 is 0.778 bits per heavy atom. The normalized spacial score (nSPS) is 13.9. The first kappa shape index (κ1) is 26.1. The zero-order chi connectivity index (χ0) is 25.5. The maximum Gasteiger partial charge on any atom is 0.323 e. The average Bonchev–Trinajstić information content (AvgIpc) is 3.31. The maximum atomic E-state index is 12.9. The number of methoxy groups -OCH3 is 2. The Labute approximate surface area is 215 Å². The third kappa shape index (κ3) is 5.25. The van der Waals surface area contributed by atoms with E-state index in [2.05, 4.69) is 79.7 Å². The van der Waals surface area contributed by atoms with E-state index in [1.54, 1.807) is 0 Å². The van der Waals surface area contributed by atoms with E-state index in [0.29, 0.717) is 12.8 Å². The minimum atomic E-state index is -1.31. The summed E-state index contributed by atoms with van der Waals surface area (Å²) in [5, 5.41) is 3.89. The number of ether oxygens (including phenoxy) is 2. The largest absolute Gasteiger partial charge is 0.468 e. The lowest BCUT2D eigenvalue weighted by Gasteiger charge is -2.24. The van der Waals surface area contributed by atoms with Gasteiger partial charge >= 0.3 is 11.9 Å².